The summed E-state index contributed by atoms with van der Waals surface area (Å²) in [6.07, 6.45) is 3.28. The van der Waals surface area contributed by atoms with Crippen LogP contribution in [-0.2, 0) is 0 Å². The van der Waals surface area contributed by atoms with Gasteiger partial charge in [-0.25, -0.2) is 9.97 Å². The van der Waals surface area contributed by atoms with Gasteiger partial charge in [-0.1, -0.05) is 11.6 Å². The highest BCUT2D eigenvalue weighted by molar-refractivity contribution is 6.30. The Balaban J connectivity index is 2.09. The SMILES string of the molecule is CC(N)COc1cnc(-c2ccc(Cl)cc2)nc1. The minimum absolute atomic E-state index is 0.0130. The maximum atomic E-state index is 5.82. The van der Waals surface area contributed by atoms with E-state index in [9.17, 15) is 0 Å². The fourth-order valence-corrected chi connectivity index (χ4v) is 1.49. The Labute approximate surface area is 111 Å². The van der Waals surface area contributed by atoms with Crippen molar-refractivity contribution in [1.82, 2.24) is 9.97 Å². The lowest BCUT2D eigenvalue weighted by atomic mass is 10.2. The highest BCUT2D eigenvalue weighted by atomic mass is 35.5. The zero-order chi connectivity index (χ0) is 13.0. The Kier molecular flexibility index (Phi) is 4.12. The second-order valence-corrected chi connectivity index (χ2v) is 4.47. The summed E-state index contributed by atoms with van der Waals surface area (Å²) in [5, 5.41) is 0.690. The summed E-state index contributed by atoms with van der Waals surface area (Å²) in [6.45, 7) is 2.33. The van der Waals surface area contributed by atoms with Crippen LogP contribution in [0.15, 0.2) is 36.7 Å². The lowest BCUT2D eigenvalue weighted by molar-refractivity contribution is 0.294. The maximum absolute atomic E-state index is 5.82. The summed E-state index contributed by atoms with van der Waals surface area (Å²) >= 11 is 5.82. The molecule has 0 aliphatic heterocycles. The van der Waals surface area contributed by atoms with Crippen molar-refractivity contribution < 1.29 is 4.74 Å². The van der Waals surface area contributed by atoms with E-state index in [0.717, 1.165) is 5.56 Å². The van der Waals surface area contributed by atoms with E-state index in [4.69, 9.17) is 22.1 Å². The highest BCUT2D eigenvalue weighted by Crippen LogP contribution is 2.18. The molecule has 1 heterocycles. The highest BCUT2D eigenvalue weighted by Gasteiger charge is 2.02. The lowest BCUT2D eigenvalue weighted by Gasteiger charge is -2.08. The third-order valence-corrected chi connectivity index (χ3v) is 2.50. The average Bonchev–Trinajstić information content (AvgIpc) is 2.38. The van der Waals surface area contributed by atoms with E-state index in [2.05, 4.69) is 9.97 Å². The first-order chi connectivity index (χ1) is 8.65. The van der Waals surface area contributed by atoms with Crippen LogP contribution in [0, 0.1) is 0 Å². The van der Waals surface area contributed by atoms with Crippen LogP contribution in [0.3, 0.4) is 0 Å². The summed E-state index contributed by atoms with van der Waals surface area (Å²) < 4.78 is 5.41. The lowest BCUT2D eigenvalue weighted by Crippen LogP contribution is -2.23. The third kappa shape index (κ3) is 3.42. The molecule has 1 aromatic carbocycles. The Morgan fingerprint density at radius 1 is 1.22 bits per heavy atom. The number of hydrogen-bond acceptors (Lipinski definition) is 4. The predicted molar refractivity (Wildman–Crippen MR) is 71.6 cm³/mol. The van der Waals surface area contributed by atoms with Gasteiger partial charge in [-0.15, -0.1) is 0 Å². The standard InChI is InChI=1S/C13H14ClN3O/c1-9(15)8-18-12-6-16-13(17-7-12)10-2-4-11(14)5-3-10/h2-7,9H,8,15H2,1H3. The average molecular weight is 264 g/mol. The molecule has 0 bridgehead atoms. The summed E-state index contributed by atoms with van der Waals surface area (Å²) in [4.78, 5) is 8.47. The van der Waals surface area contributed by atoms with Crippen LogP contribution in [0.1, 0.15) is 6.92 Å². The molecule has 0 fully saturated rings. The van der Waals surface area contributed by atoms with E-state index in [1.807, 2.05) is 19.1 Å². The Morgan fingerprint density at radius 2 is 1.83 bits per heavy atom. The minimum atomic E-state index is -0.0130. The Morgan fingerprint density at radius 3 is 2.39 bits per heavy atom. The second-order valence-electron chi connectivity index (χ2n) is 4.04. The number of rotatable bonds is 4. The number of halogens is 1. The molecule has 0 amide bonds. The number of ether oxygens (including phenoxy) is 1. The van der Waals surface area contributed by atoms with Crippen molar-refractivity contribution in [3.63, 3.8) is 0 Å². The van der Waals surface area contributed by atoms with E-state index >= 15 is 0 Å². The summed E-state index contributed by atoms with van der Waals surface area (Å²) in [5.74, 6) is 1.25. The van der Waals surface area contributed by atoms with Crippen LogP contribution < -0.4 is 10.5 Å². The van der Waals surface area contributed by atoms with Gasteiger partial charge >= 0.3 is 0 Å². The van der Waals surface area contributed by atoms with Gasteiger partial charge in [0.05, 0.1) is 12.4 Å². The van der Waals surface area contributed by atoms with E-state index in [-0.39, 0.29) is 6.04 Å². The van der Waals surface area contributed by atoms with E-state index in [1.165, 1.54) is 0 Å². The fraction of sp³-hybridized carbons (Fsp3) is 0.231. The van der Waals surface area contributed by atoms with Gasteiger partial charge in [0.2, 0.25) is 0 Å². The number of benzene rings is 1. The van der Waals surface area contributed by atoms with Crippen molar-refractivity contribution in [3.8, 4) is 17.1 Å². The molecule has 1 aromatic heterocycles. The topological polar surface area (TPSA) is 61.0 Å². The van der Waals surface area contributed by atoms with Crippen LogP contribution in [0.5, 0.6) is 5.75 Å². The summed E-state index contributed by atoms with van der Waals surface area (Å²) in [7, 11) is 0. The van der Waals surface area contributed by atoms with Crippen LogP contribution >= 0.6 is 11.6 Å². The van der Waals surface area contributed by atoms with Crippen LogP contribution in [-0.4, -0.2) is 22.6 Å². The Hall–Kier alpha value is -1.65. The molecule has 0 aliphatic rings. The molecule has 0 saturated heterocycles. The van der Waals surface area contributed by atoms with Crippen molar-refractivity contribution in [3.05, 3.63) is 41.7 Å². The van der Waals surface area contributed by atoms with Gasteiger partial charge in [-0.2, -0.15) is 0 Å². The number of aromatic nitrogens is 2. The van der Waals surface area contributed by atoms with Gasteiger partial charge in [0.15, 0.2) is 11.6 Å². The van der Waals surface area contributed by atoms with Crippen molar-refractivity contribution in [1.29, 1.82) is 0 Å². The molecule has 5 heteroatoms. The molecule has 0 spiro atoms. The zero-order valence-corrected chi connectivity index (χ0v) is 10.8. The fourth-order valence-electron chi connectivity index (χ4n) is 1.37. The molecule has 2 aromatic rings. The van der Waals surface area contributed by atoms with E-state index < -0.39 is 0 Å². The number of nitrogens with zero attached hydrogens (tertiary/aromatic N) is 2. The van der Waals surface area contributed by atoms with Crippen molar-refractivity contribution in [2.75, 3.05) is 6.61 Å². The van der Waals surface area contributed by atoms with E-state index in [0.29, 0.717) is 23.2 Å². The monoisotopic (exact) mass is 263 g/mol. The first-order valence-corrected chi connectivity index (χ1v) is 5.99. The maximum Gasteiger partial charge on any atom is 0.159 e. The van der Waals surface area contributed by atoms with Gasteiger partial charge in [-0.05, 0) is 31.2 Å². The first kappa shape index (κ1) is 12.8. The molecule has 2 N–H and O–H groups in total. The molecule has 1 atom stereocenters. The van der Waals surface area contributed by atoms with Gasteiger partial charge in [0, 0.05) is 16.6 Å². The quantitative estimate of drug-likeness (QED) is 0.921. The molecule has 94 valence electrons. The number of hydrogen-bond donors (Lipinski definition) is 1. The molecule has 4 nitrogen and oxygen atoms in total. The van der Waals surface area contributed by atoms with Crippen molar-refractivity contribution in [2.24, 2.45) is 5.73 Å². The minimum Gasteiger partial charge on any atom is -0.489 e. The normalized spacial score (nSPS) is 12.2. The van der Waals surface area contributed by atoms with E-state index in [1.54, 1.807) is 24.5 Å². The third-order valence-electron chi connectivity index (χ3n) is 2.24. The summed E-state index contributed by atoms with van der Waals surface area (Å²) in [6, 6.07) is 7.35. The predicted octanol–water partition coefficient (Wildman–Crippen LogP) is 2.52. The molecule has 2 rings (SSSR count). The summed E-state index contributed by atoms with van der Waals surface area (Å²) in [5.41, 5.74) is 6.51. The molecule has 0 saturated carbocycles. The molecule has 0 radical (unpaired) electrons. The van der Waals surface area contributed by atoms with Crippen LogP contribution in [0.4, 0.5) is 0 Å². The van der Waals surface area contributed by atoms with Crippen molar-refractivity contribution >= 4 is 11.6 Å². The first-order valence-electron chi connectivity index (χ1n) is 5.61. The van der Waals surface area contributed by atoms with Gasteiger partial charge in [-0.3, -0.25) is 0 Å². The van der Waals surface area contributed by atoms with Gasteiger partial charge in [0.25, 0.3) is 0 Å². The molecule has 0 aliphatic carbocycles. The molecular formula is C13H14ClN3O. The molecule has 18 heavy (non-hydrogen) atoms. The Bertz CT molecular complexity index is 497. The number of nitrogens with two attached hydrogens (primary N) is 1. The van der Waals surface area contributed by atoms with Crippen LogP contribution in [0.25, 0.3) is 11.4 Å². The molecule has 1 unspecified atom stereocenters. The van der Waals surface area contributed by atoms with Crippen molar-refractivity contribution in [2.45, 2.75) is 13.0 Å². The largest absolute Gasteiger partial charge is 0.489 e. The van der Waals surface area contributed by atoms with Gasteiger partial charge < -0.3 is 10.5 Å². The molecular weight excluding hydrogens is 250 g/mol. The van der Waals surface area contributed by atoms with Crippen LogP contribution in [0.2, 0.25) is 5.02 Å². The zero-order valence-electron chi connectivity index (χ0n) is 10.0. The smallest absolute Gasteiger partial charge is 0.159 e. The second kappa shape index (κ2) is 5.80. The van der Waals surface area contributed by atoms with Gasteiger partial charge in [0.1, 0.15) is 6.61 Å².